The number of oxime groups is 1. The standard InChI is InChI=1S/C26H25NOSSi/c1-4-11-23(12-5-1)20-30(21-24-13-6-2-7-14-24,22-25-15-8-3-9-16-25)28-27-19-26-17-10-18-29-26/h1-19H,20-22H2/b27-19+. The van der Waals surface area contributed by atoms with Crippen LogP contribution in [0.5, 0.6) is 0 Å². The van der Waals surface area contributed by atoms with E-state index in [0.29, 0.717) is 0 Å². The van der Waals surface area contributed by atoms with E-state index in [-0.39, 0.29) is 0 Å². The molecule has 1 heterocycles. The van der Waals surface area contributed by atoms with Gasteiger partial charge in [-0.25, -0.2) is 0 Å². The van der Waals surface area contributed by atoms with Gasteiger partial charge in [-0.2, -0.15) is 0 Å². The fraction of sp³-hybridized carbons (Fsp3) is 0.115. The average Bonchev–Trinajstić information content (AvgIpc) is 3.29. The van der Waals surface area contributed by atoms with Gasteiger partial charge >= 0.3 is 0 Å². The van der Waals surface area contributed by atoms with Gasteiger partial charge in [0.2, 0.25) is 0 Å². The van der Waals surface area contributed by atoms with Gasteiger partial charge in [-0.3, -0.25) is 0 Å². The molecule has 1 aromatic heterocycles. The van der Waals surface area contributed by atoms with Gasteiger partial charge in [0.25, 0.3) is 8.32 Å². The van der Waals surface area contributed by atoms with Crippen LogP contribution in [-0.2, 0) is 22.7 Å². The molecule has 2 nitrogen and oxygen atoms in total. The molecule has 3 aromatic carbocycles. The number of thiophene rings is 1. The number of nitrogens with zero attached hydrogens (tertiary/aromatic N) is 1. The molecule has 30 heavy (non-hydrogen) atoms. The van der Waals surface area contributed by atoms with E-state index in [0.717, 1.165) is 23.0 Å². The summed E-state index contributed by atoms with van der Waals surface area (Å²) in [6.45, 7) is 0. The lowest BCUT2D eigenvalue weighted by atomic mass is 10.2. The van der Waals surface area contributed by atoms with Crippen LogP contribution in [0.4, 0.5) is 0 Å². The number of hydrogen-bond acceptors (Lipinski definition) is 3. The van der Waals surface area contributed by atoms with E-state index in [1.807, 2.05) is 12.3 Å². The van der Waals surface area contributed by atoms with E-state index < -0.39 is 8.32 Å². The molecule has 150 valence electrons. The van der Waals surface area contributed by atoms with Crippen LogP contribution in [0.25, 0.3) is 0 Å². The van der Waals surface area contributed by atoms with Gasteiger partial charge in [-0.1, -0.05) is 97.1 Å². The molecule has 0 unspecified atom stereocenters. The molecule has 0 amide bonds. The van der Waals surface area contributed by atoms with Crippen molar-refractivity contribution in [3.63, 3.8) is 0 Å². The summed E-state index contributed by atoms with van der Waals surface area (Å²) in [6, 6.07) is 38.9. The summed E-state index contributed by atoms with van der Waals surface area (Å²) < 4.78 is 6.53. The van der Waals surface area contributed by atoms with Crippen LogP contribution in [0, 0.1) is 0 Å². The molecule has 0 radical (unpaired) electrons. The van der Waals surface area contributed by atoms with E-state index in [1.54, 1.807) is 11.3 Å². The maximum atomic E-state index is 6.53. The van der Waals surface area contributed by atoms with Gasteiger partial charge in [0.15, 0.2) is 0 Å². The molecule has 0 aliphatic carbocycles. The van der Waals surface area contributed by atoms with Crippen LogP contribution in [0.2, 0.25) is 0 Å². The third-order valence-electron chi connectivity index (χ3n) is 5.08. The predicted molar refractivity (Wildman–Crippen MR) is 129 cm³/mol. The molecular weight excluding hydrogens is 402 g/mol. The van der Waals surface area contributed by atoms with Crippen molar-refractivity contribution in [2.24, 2.45) is 5.16 Å². The molecule has 0 saturated heterocycles. The highest BCUT2D eigenvalue weighted by Gasteiger charge is 2.39. The highest BCUT2D eigenvalue weighted by molar-refractivity contribution is 7.11. The highest BCUT2D eigenvalue weighted by Crippen LogP contribution is 2.24. The third kappa shape index (κ3) is 5.78. The Labute approximate surface area is 183 Å². The van der Waals surface area contributed by atoms with Crippen LogP contribution in [0.15, 0.2) is 114 Å². The minimum atomic E-state index is -2.34. The van der Waals surface area contributed by atoms with Gasteiger partial charge in [-0.05, 0) is 28.1 Å². The Kier molecular flexibility index (Phi) is 6.90. The average molecular weight is 428 g/mol. The molecule has 0 atom stereocenters. The maximum Gasteiger partial charge on any atom is 0.300 e. The number of benzene rings is 3. The second-order valence-electron chi connectivity index (χ2n) is 7.51. The van der Waals surface area contributed by atoms with E-state index in [2.05, 4.69) is 108 Å². The zero-order chi connectivity index (χ0) is 20.5. The first-order valence-corrected chi connectivity index (χ1v) is 13.6. The van der Waals surface area contributed by atoms with Crippen molar-refractivity contribution in [3.8, 4) is 0 Å². The van der Waals surface area contributed by atoms with Crippen molar-refractivity contribution in [1.82, 2.24) is 0 Å². The predicted octanol–water partition coefficient (Wildman–Crippen LogP) is 6.39. The normalized spacial score (nSPS) is 11.6. The number of rotatable bonds is 9. The van der Waals surface area contributed by atoms with Crippen molar-refractivity contribution in [2.45, 2.75) is 18.1 Å². The van der Waals surface area contributed by atoms with Crippen molar-refractivity contribution < 1.29 is 4.53 Å². The molecule has 0 aliphatic heterocycles. The maximum absolute atomic E-state index is 6.53. The van der Waals surface area contributed by atoms with Crippen molar-refractivity contribution in [1.29, 1.82) is 0 Å². The van der Waals surface area contributed by atoms with Gasteiger partial charge < -0.3 is 4.53 Å². The Morgan fingerprint density at radius 3 is 1.50 bits per heavy atom. The topological polar surface area (TPSA) is 21.6 Å². The van der Waals surface area contributed by atoms with Crippen molar-refractivity contribution >= 4 is 25.9 Å². The molecule has 4 aromatic rings. The minimum absolute atomic E-state index is 0.916. The van der Waals surface area contributed by atoms with Crippen LogP contribution < -0.4 is 0 Å². The smallest absolute Gasteiger partial charge is 0.300 e. The van der Waals surface area contributed by atoms with Gasteiger partial charge in [0.05, 0.1) is 6.21 Å². The number of hydrogen-bond donors (Lipinski definition) is 0. The first-order chi connectivity index (χ1) is 14.8. The lowest BCUT2D eigenvalue weighted by molar-refractivity contribution is 0.319. The van der Waals surface area contributed by atoms with Crippen LogP contribution in [-0.4, -0.2) is 14.5 Å². The Morgan fingerprint density at radius 1 is 0.633 bits per heavy atom. The minimum Gasteiger partial charge on any atom is -0.454 e. The first kappa shape index (κ1) is 20.3. The second kappa shape index (κ2) is 10.2. The summed E-state index contributed by atoms with van der Waals surface area (Å²) in [6.07, 6.45) is 1.85. The second-order valence-corrected chi connectivity index (χ2v) is 12.1. The summed E-state index contributed by atoms with van der Waals surface area (Å²) in [5.74, 6) is 0. The van der Waals surface area contributed by atoms with Gasteiger partial charge in [0.1, 0.15) is 0 Å². The summed E-state index contributed by atoms with van der Waals surface area (Å²) >= 11 is 1.67. The van der Waals surface area contributed by atoms with Crippen molar-refractivity contribution in [2.75, 3.05) is 0 Å². The van der Waals surface area contributed by atoms with Crippen molar-refractivity contribution in [3.05, 3.63) is 130 Å². The molecular formula is C26H25NOSSi. The first-order valence-electron chi connectivity index (χ1n) is 10.2. The fourth-order valence-corrected chi connectivity index (χ4v) is 8.10. The summed E-state index contributed by atoms with van der Waals surface area (Å²) in [7, 11) is -2.34. The van der Waals surface area contributed by atoms with E-state index in [4.69, 9.17) is 4.53 Å². The Morgan fingerprint density at radius 2 is 1.10 bits per heavy atom. The fourth-order valence-electron chi connectivity index (χ4n) is 3.74. The molecule has 0 fully saturated rings. The van der Waals surface area contributed by atoms with Crippen LogP contribution >= 0.6 is 11.3 Å². The van der Waals surface area contributed by atoms with E-state index >= 15 is 0 Å². The molecule has 0 spiro atoms. The molecule has 4 rings (SSSR count). The lowest BCUT2D eigenvalue weighted by Crippen LogP contribution is -2.46. The molecule has 0 N–H and O–H groups in total. The Bertz CT molecular complexity index is 933. The van der Waals surface area contributed by atoms with Gasteiger partial charge in [0, 0.05) is 23.0 Å². The summed E-state index contributed by atoms with van der Waals surface area (Å²) in [5.41, 5.74) is 3.92. The Hall–Kier alpha value is -2.95. The Balaban J connectivity index is 1.69. The van der Waals surface area contributed by atoms with Gasteiger partial charge in [-0.15, -0.1) is 16.5 Å². The monoisotopic (exact) mass is 427 g/mol. The lowest BCUT2D eigenvalue weighted by Gasteiger charge is -2.29. The van der Waals surface area contributed by atoms with E-state index in [9.17, 15) is 0 Å². The molecule has 4 heteroatoms. The zero-order valence-electron chi connectivity index (χ0n) is 16.9. The third-order valence-corrected chi connectivity index (χ3v) is 9.53. The van der Waals surface area contributed by atoms with Crippen LogP contribution in [0.1, 0.15) is 21.6 Å². The zero-order valence-corrected chi connectivity index (χ0v) is 18.7. The molecule has 0 aliphatic rings. The SMILES string of the molecule is C(=N\O[Si](Cc1ccccc1)(Cc1ccccc1)Cc1ccccc1)/c1cccs1. The molecule has 0 bridgehead atoms. The molecule has 0 saturated carbocycles. The quantitative estimate of drug-likeness (QED) is 0.172. The van der Waals surface area contributed by atoms with Crippen LogP contribution in [0.3, 0.4) is 0 Å². The van der Waals surface area contributed by atoms with E-state index in [1.165, 1.54) is 16.7 Å². The largest absolute Gasteiger partial charge is 0.454 e. The highest BCUT2D eigenvalue weighted by atomic mass is 32.1. The summed E-state index contributed by atoms with van der Waals surface area (Å²) in [5, 5.41) is 6.58. The summed E-state index contributed by atoms with van der Waals surface area (Å²) in [4.78, 5) is 1.11.